The number of hydrogen-bond acceptors (Lipinski definition) is 11. The second kappa shape index (κ2) is 16.6. The van der Waals surface area contributed by atoms with E-state index in [9.17, 15) is 14.4 Å². The van der Waals surface area contributed by atoms with Gasteiger partial charge in [-0.1, -0.05) is 44.1 Å². The Morgan fingerprint density at radius 3 is 2.37 bits per heavy atom. The number of nitrogens with zero attached hydrogens (tertiary/aromatic N) is 7. The number of carbonyl (C=O) groups is 3. The first-order valence-corrected chi connectivity index (χ1v) is 21.7. The van der Waals surface area contributed by atoms with Crippen LogP contribution in [0, 0.1) is 18.7 Å². The van der Waals surface area contributed by atoms with Crippen molar-refractivity contribution in [2.45, 2.75) is 77.7 Å². The molecule has 3 amide bonds. The zero-order valence-electron chi connectivity index (χ0n) is 35.9. The molecule has 0 bridgehead atoms. The van der Waals surface area contributed by atoms with E-state index in [1.54, 1.807) is 13.0 Å². The molecule has 3 aliphatic rings. The molecule has 3 N–H and O–H groups in total. The Morgan fingerprint density at radius 2 is 1.66 bits per heavy atom. The van der Waals surface area contributed by atoms with Crippen molar-refractivity contribution in [2.75, 3.05) is 55.6 Å². The summed E-state index contributed by atoms with van der Waals surface area (Å²) in [6, 6.07) is 17.4. The molecular formula is C47H53FN10O4. The van der Waals surface area contributed by atoms with E-state index < -0.39 is 23.2 Å². The topological polar surface area (TPSA) is 165 Å². The Labute approximate surface area is 359 Å². The zero-order chi connectivity index (χ0) is 43.3. The number of amides is 3. The van der Waals surface area contributed by atoms with E-state index in [2.05, 4.69) is 80.8 Å². The van der Waals surface area contributed by atoms with E-state index in [4.69, 9.17) is 4.52 Å². The molecule has 15 heteroatoms. The van der Waals surface area contributed by atoms with Gasteiger partial charge in [-0.3, -0.25) is 24.6 Å². The van der Waals surface area contributed by atoms with Gasteiger partial charge >= 0.3 is 0 Å². The number of hydrogen-bond donors (Lipinski definition) is 3. The van der Waals surface area contributed by atoms with E-state index >= 15 is 4.39 Å². The molecule has 3 fully saturated rings. The van der Waals surface area contributed by atoms with Crippen molar-refractivity contribution in [1.29, 1.82) is 0 Å². The van der Waals surface area contributed by atoms with Crippen LogP contribution in [0.4, 0.5) is 15.8 Å². The first-order chi connectivity index (χ1) is 29.8. The van der Waals surface area contributed by atoms with Crippen LogP contribution in [-0.4, -0.2) is 93.5 Å². The fourth-order valence-corrected chi connectivity index (χ4v) is 9.28. The molecule has 1 unspecified atom stereocenters. The number of piperidine rings is 2. The summed E-state index contributed by atoms with van der Waals surface area (Å²) < 4.78 is 21.4. The van der Waals surface area contributed by atoms with Gasteiger partial charge in [-0.05, 0) is 92.1 Å². The van der Waals surface area contributed by atoms with Crippen LogP contribution in [0.5, 0.6) is 0 Å². The van der Waals surface area contributed by atoms with Gasteiger partial charge in [-0.2, -0.15) is 4.98 Å². The number of aryl methyl sites for hydroxylation is 1. The maximum Gasteiger partial charge on any atom is 0.293 e. The normalized spacial score (nSPS) is 18.7. The summed E-state index contributed by atoms with van der Waals surface area (Å²) in [7, 11) is 0. The van der Waals surface area contributed by atoms with Crippen LogP contribution in [-0.2, 0) is 15.0 Å². The van der Waals surface area contributed by atoms with Gasteiger partial charge in [0.1, 0.15) is 17.8 Å². The fourth-order valence-electron chi connectivity index (χ4n) is 9.28. The molecule has 14 nitrogen and oxygen atoms in total. The first kappa shape index (κ1) is 41.1. The number of imide groups is 1. The van der Waals surface area contributed by atoms with Crippen molar-refractivity contribution in [2.24, 2.45) is 5.92 Å². The average molecular weight is 841 g/mol. The molecule has 3 saturated heterocycles. The van der Waals surface area contributed by atoms with Crippen LogP contribution in [0.15, 0.2) is 65.4 Å². The minimum Gasteiger partial charge on any atom is -0.372 e. The largest absolute Gasteiger partial charge is 0.372 e. The highest BCUT2D eigenvalue weighted by Crippen LogP contribution is 2.37. The summed E-state index contributed by atoms with van der Waals surface area (Å²) in [5, 5.41) is 10.9. The number of fused-ring (bicyclic) bond motifs is 3. The number of halogens is 1. The number of aromatic nitrogens is 5. The minimum atomic E-state index is -0.522. The third kappa shape index (κ3) is 8.25. The molecule has 62 heavy (non-hydrogen) atoms. The highest BCUT2D eigenvalue weighted by Gasteiger charge is 2.30. The van der Waals surface area contributed by atoms with Gasteiger partial charge < -0.3 is 24.6 Å². The summed E-state index contributed by atoms with van der Waals surface area (Å²) in [5.74, 6) is -0.639. The molecule has 3 aliphatic heterocycles. The fraction of sp³-hybridized carbons (Fsp3) is 0.426. The van der Waals surface area contributed by atoms with Crippen LogP contribution in [0.25, 0.3) is 33.2 Å². The zero-order valence-corrected chi connectivity index (χ0v) is 35.9. The van der Waals surface area contributed by atoms with E-state index in [0.717, 1.165) is 91.8 Å². The number of rotatable bonds is 9. The number of piperazine rings is 1. The highest BCUT2D eigenvalue weighted by atomic mass is 19.1. The third-order valence-electron chi connectivity index (χ3n) is 12.8. The Morgan fingerprint density at radius 1 is 0.935 bits per heavy atom. The van der Waals surface area contributed by atoms with Gasteiger partial charge in [0.15, 0.2) is 0 Å². The summed E-state index contributed by atoms with van der Waals surface area (Å²) in [6.45, 7) is 16.4. The molecule has 2 atom stereocenters. The molecule has 0 spiro atoms. The number of carbonyl (C=O) groups excluding carboxylic acids is 3. The van der Waals surface area contributed by atoms with Crippen LogP contribution >= 0.6 is 0 Å². The molecule has 6 heterocycles. The second-order valence-electron chi connectivity index (χ2n) is 18.2. The van der Waals surface area contributed by atoms with E-state index in [1.165, 1.54) is 18.1 Å². The Bertz CT molecular complexity index is 2650. The van der Waals surface area contributed by atoms with Gasteiger partial charge in [-0.25, -0.2) is 14.4 Å². The highest BCUT2D eigenvalue weighted by molar-refractivity contribution is 6.12. The lowest BCUT2D eigenvalue weighted by Gasteiger charge is -2.40. The molecular weight excluding hydrogens is 788 g/mol. The summed E-state index contributed by atoms with van der Waals surface area (Å²) in [5.41, 5.74) is 6.73. The molecule has 6 aromatic rings. The molecule has 0 radical (unpaired) electrons. The van der Waals surface area contributed by atoms with Crippen molar-refractivity contribution in [3.63, 3.8) is 0 Å². The van der Waals surface area contributed by atoms with E-state index in [1.807, 2.05) is 39.8 Å². The van der Waals surface area contributed by atoms with Gasteiger partial charge in [0, 0.05) is 85.5 Å². The molecule has 3 aromatic heterocycles. The van der Waals surface area contributed by atoms with Crippen molar-refractivity contribution in [1.82, 2.24) is 40.6 Å². The summed E-state index contributed by atoms with van der Waals surface area (Å²) >= 11 is 0. The van der Waals surface area contributed by atoms with E-state index in [0.29, 0.717) is 47.1 Å². The monoisotopic (exact) mass is 840 g/mol. The molecule has 322 valence electrons. The van der Waals surface area contributed by atoms with Crippen molar-refractivity contribution >= 4 is 51.0 Å². The third-order valence-corrected chi connectivity index (χ3v) is 12.8. The van der Waals surface area contributed by atoms with Crippen LogP contribution in [0.2, 0.25) is 0 Å². The maximum absolute atomic E-state index is 16.1. The predicted octanol–water partition coefficient (Wildman–Crippen LogP) is 6.96. The van der Waals surface area contributed by atoms with Crippen LogP contribution in [0.1, 0.15) is 98.5 Å². The lowest BCUT2D eigenvalue weighted by molar-refractivity contribution is -0.134. The number of nitrogens with one attached hydrogen (secondary N) is 3. The lowest BCUT2D eigenvalue weighted by atomic mass is 9.90. The van der Waals surface area contributed by atoms with Gasteiger partial charge in [-0.15, -0.1) is 0 Å². The molecule has 9 rings (SSSR count). The average Bonchev–Trinajstić information content (AvgIpc) is 3.92. The summed E-state index contributed by atoms with van der Waals surface area (Å²) in [6.07, 6.45) is 4.70. The number of aromatic amines is 1. The number of H-pyrrole nitrogens is 1. The standard InChI is InChI=1S/C47H53FN10O4/c1-27-22-36(37(48)24-35(27)28(2)51-45(61)43-54-46(62-55-43)47(3,4)5)41-40-34-11-10-32(23-38(34)52-42(40)50-26-49-41)58-20-18-56(19-21-58)25-29-14-16-57(17-15-29)31-8-6-30(7-9-31)33-12-13-39(59)53-44(33)60/h6-11,22-24,26,28-29,33H,12-21,25H2,1-5H3,(H,51,61)(H,49,50,52)(H,53,59,60)/t28-,33?/m1/s1. The minimum absolute atomic E-state index is 0.0658. The Hall–Kier alpha value is -6.22. The number of anilines is 2. The van der Waals surface area contributed by atoms with Crippen molar-refractivity contribution in [3.05, 3.63) is 95.1 Å². The molecule has 0 saturated carbocycles. The van der Waals surface area contributed by atoms with Crippen LogP contribution in [0.3, 0.4) is 0 Å². The van der Waals surface area contributed by atoms with Crippen molar-refractivity contribution < 1.29 is 23.3 Å². The SMILES string of the molecule is Cc1cc(-c2ncnc3[nH]c4cc(N5CCN(CC6CCN(c7ccc(C8CCC(=O)NC8=O)cc7)CC6)CC5)ccc4c23)c(F)cc1[C@@H](C)NC(=O)c1noc(C(C)(C)C)n1. The van der Waals surface area contributed by atoms with Gasteiger partial charge in [0.05, 0.1) is 23.0 Å². The number of benzene rings is 3. The van der Waals surface area contributed by atoms with Gasteiger partial charge in [0.2, 0.25) is 17.7 Å². The lowest BCUT2D eigenvalue weighted by Crippen LogP contribution is -2.49. The molecule has 3 aromatic carbocycles. The second-order valence-corrected chi connectivity index (χ2v) is 18.2. The van der Waals surface area contributed by atoms with E-state index in [-0.39, 0.29) is 23.6 Å². The smallest absolute Gasteiger partial charge is 0.293 e. The Balaban J connectivity index is 0.813. The van der Waals surface area contributed by atoms with Gasteiger partial charge in [0.25, 0.3) is 11.7 Å². The summed E-state index contributed by atoms with van der Waals surface area (Å²) in [4.78, 5) is 61.2. The predicted molar refractivity (Wildman–Crippen MR) is 236 cm³/mol. The quantitative estimate of drug-likeness (QED) is 0.129. The first-order valence-electron chi connectivity index (χ1n) is 21.7. The Kier molecular flexibility index (Phi) is 11.0. The van der Waals surface area contributed by atoms with Crippen LogP contribution < -0.4 is 20.4 Å². The van der Waals surface area contributed by atoms with Crippen molar-refractivity contribution in [3.8, 4) is 11.3 Å². The molecule has 0 aliphatic carbocycles. The maximum atomic E-state index is 16.1.